The van der Waals surface area contributed by atoms with Gasteiger partial charge in [0.2, 0.25) is 11.8 Å². The summed E-state index contributed by atoms with van der Waals surface area (Å²) in [6.07, 6.45) is 3.33. The highest BCUT2D eigenvalue weighted by Gasteiger charge is 2.54. The monoisotopic (exact) mass is 338 g/mol. The van der Waals surface area contributed by atoms with Gasteiger partial charge in [-0.05, 0) is 45.1 Å². The number of rotatable bonds is 1. The second-order valence-electron chi connectivity index (χ2n) is 7.94. The topological polar surface area (TPSA) is 49.4 Å². The third-order valence-corrected chi connectivity index (χ3v) is 6.51. The number of carbonyl (C=O) groups is 2. The second-order valence-corrected chi connectivity index (χ2v) is 7.94. The lowest BCUT2D eigenvalue weighted by Gasteiger charge is -2.44. The first-order valence-electron chi connectivity index (χ1n) is 9.32. The van der Waals surface area contributed by atoms with Crippen molar-refractivity contribution in [1.82, 2.24) is 10.2 Å². The lowest BCUT2D eigenvalue weighted by molar-refractivity contribution is -0.144. The number of allylic oxidation sites excluding steroid dienone is 2. The lowest BCUT2D eigenvalue weighted by atomic mass is 9.61. The standard InChI is InChI=1S/C21H26N2O2/c1-14-11-17(16-7-4-3-5-8-16)21(12-15(14)2)13-22-19(24)18-9-6-10-23(18)20(21)25/h3-5,7-8,17-18H,6,9-13H2,1-2H3,(H,22,24)/t17-,18+,21-/m1/s1. The van der Waals surface area contributed by atoms with Gasteiger partial charge in [0.05, 0.1) is 5.41 Å². The second kappa shape index (κ2) is 6.01. The van der Waals surface area contributed by atoms with Crippen LogP contribution in [0, 0.1) is 5.41 Å². The van der Waals surface area contributed by atoms with Crippen LogP contribution in [-0.4, -0.2) is 35.8 Å². The van der Waals surface area contributed by atoms with Gasteiger partial charge in [-0.15, -0.1) is 0 Å². The number of amides is 2. The molecule has 3 aliphatic rings. The molecule has 0 saturated carbocycles. The van der Waals surface area contributed by atoms with Crippen molar-refractivity contribution >= 4 is 11.8 Å². The van der Waals surface area contributed by atoms with Gasteiger partial charge in [-0.3, -0.25) is 9.59 Å². The van der Waals surface area contributed by atoms with Crippen LogP contribution < -0.4 is 5.32 Å². The molecule has 2 fully saturated rings. The molecule has 25 heavy (non-hydrogen) atoms. The van der Waals surface area contributed by atoms with Gasteiger partial charge in [-0.1, -0.05) is 41.5 Å². The molecule has 1 aromatic rings. The van der Waals surface area contributed by atoms with Crippen LogP contribution in [0.25, 0.3) is 0 Å². The number of carbonyl (C=O) groups excluding carboxylic acids is 2. The molecule has 1 aliphatic carbocycles. The minimum atomic E-state index is -0.556. The fourth-order valence-electron chi connectivity index (χ4n) is 4.96. The molecule has 0 bridgehead atoms. The molecule has 3 atom stereocenters. The average Bonchev–Trinajstić information content (AvgIpc) is 3.09. The van der Waals surface area contributed by atoms with Gasteiger partial charge in [0.15, 0.2) is 0 Å². The van der Waals surface area contributed by atoms with Gasteiger partial charge >= 0.3 is 0 Å². The summed E-state index contributed by atoms with van der Waals surface area (Å²) in [4.78, 5) is 28.1. The third-order valence-electron chi connectivity index (χ3n) is 6.51. The van der Waals surface area contributed by atoms with E-state index in [4.69, 9.17) is 0 Å². The van der Waals surface area contributed by atoms with Crippen molar-refractivity contribution in [3.05, 3.63) is 47.0 Å². The van der Waals surface area contributed by atoms with Crippen LogP contribution in [0.5, 0.6) is 0 Å². The maximum atomic E-state index is 13.7. The SMILES string of the molecule is CC1=C(C)C[C@@]2(CNC(=O)[C@@H]3CCCN3C2=O)[C@@H](c2ccccc2)C1. The molecule has 132 valence electrons. The Bertz CT molecular complexity index is 740. The normalized spacial score (nSPS) is 32.6. The van der Waals surface area contributed by atoms with E-state index < -0.39 is 5.41 Å². The van der Waals surface area contributed by atoms with Gasteiger partial charge in [0.1, 0.15) is 6.04 Å². The number of benzene rings is 1. The van der Waals surface area contributed by atoms with E-state index in [0.29, 0.717) is 13.1 Å². The molecule has 2 aliphatic heterocycles. The number of hydrogen-bond acceptors (Lipinski definition) is 2. The van der Waals surface area contributed by atoms with E-state index >= 15 is 0 Å². The molecular formula is C21H26N2O2. The first kappa shape index (κ1) is 16.4. The highest BCUT2D eigenvalue weighted by molar-refractivity contribution is 5.94. The molecule has 0 radical (unpaired) electrons. The van der Waals surface area contributed by atoms with Crippen molar-refractivity contribution < 1.29 is 9.59 Å². The summed E-state index contributed by atoms with van der Waals surface area (Å²) in [5, 5.41) is 3.12. The molecule has 1 N–H and O–H groups in total. The van der Waals surface area contributed by atoms with Crippen LogP contribution >= 0.6 is 0 Å². The lowest BCUT2D eigenvalue weighted by Crippen LogP contribution is -2.51. The minimum absolute atomic E-state index is 0.0264. The Hall–Kier alpha value is -2.10. The summed E-state index contributed by atoms with van der Waals surface area (Å²) in [5.74, 6) is 0.317. The Labute approximate surface area is 149 Å². The number of fused-ring (bicyclic) bond motifs is 1. The third kappa shape index (κ3) is 2.50. The van der Waals surface area contributed by atoms with Crippen LogP contribution in [-0.2, 0) is 9.59 Å². The molecule has 1 spiro atoms. The Morgan fingerprint density at radius 3 is 2.64 bits per heavy atom. The summed E-state index contributed by atoms with van der Waals surface area (Å²) >= 11 is 0. The molecular weight excluding hydrogens is 312 g/mol. The van der Waals surface area contributed by atoms with Gasteiger partial charge in [-0.25, -0.2) is 0 Å². The summed E-state index contributed by atoms with van der Waals surface area (Å²) < 4.78 is 0. The van der Waals surface area contributed by atoms with Crippen molar-refractivity contribution in [2.45, 2.75) is 51.5 Å². The van der Waals surface area contributed by atoms with E-state index in [2.05, 4.69) is 31.3 Å². The maximum absolute atomic E-state index is 13.7. The van der Waals surface area contributed by atoms with Gasteiger partial charge in [0, 0.05) is 19.0 Å². The van der Waals surface area contributed by atoms with E-state index in [1.165, 1.54) is 16.7 Å². The highest BCUT2D eigenvalue weighted by atomic mass is 16.2. The van der Waals surface area contributed by atoms with Gasteiger partial charge < -0.3 is 10.2 Å². The number of nitrogens with zero attached hydrogens (tertiary/aromatic N) is 1. The maximum Gasteiger partial charge on any atom is 0.242 e. The van der Waals surface area contributed by atoms with Crippen LogP contribution in [0.1, 0.15) is 51.0 Å². The van der Waals surface area contributed by atoms with Gasteiger partial charge in [0.25, 0.3) is 0 Å². The predicted octanol–water partition coefficient (Wildman–Crippen LogP) is 3.01. The summed E-state index contributed by atoms with van der Waals surface area (Å²) in [6.45, 7) is 5.47. The zero-order valence-electron chi connectivity index (χ0n) is 15.0. The van der Waals surface area contributed by atoms with Crippen molar-refractivity contribution in [1.29, 1.82) is 0 Å². The summed E-state index contributed by atoms with van der Waals surface area (Å²) in [7, 11) is 0. The minimum Gasteiger partial charge on any atom is -0.353 e. The first-order valence-corrected chi connectivity index (χ1v) is 9.32. The zero-order chi connectivity index (χ0) is 17.6. The highest BCUT2D eigenvalue weighted by Crippen LogP contribution is 2.51. The van der Waals surface area contributed by atoms with Gasteiger partial charge in [-0.2, -0.15) is 0 Å². The predicted molar refractivity (Wildman–Crippen MR) is 97.0 cm³/mol. The number of nitrogens with one attached hydrogen (secondary N) is 1. The molecule has 2 saturated heterocycles. The van der Waals surface area contributed by atoms with Crippen LogP contribution in [0.3, 0.4) is 0 Å². The first-order chi connectivity index (χ1) is 12.0. The Morgan fingerprint density at radius 1 is 1.12 bits per heavy atom. The Morgan fingerprint density at radius 2 is 1.88 bits per heavy atom. The average molecular weight is 338 g/mol. The molecule has 4 rings (SSSR count). The molecule has 4 heteroatoms. The molecule has 0 unspecified atom stereocenters. The van der Waals surface area contributed by atoms with E-state index in [0.717, 1.165) is 25.7 Å². The quantitative estimate of drug-likeness (QED) is 0.800. The smallest absolute Gasteiger partial charge is 0.242 e. The van der Waals surface area contributed by atoms with Crippen LogP contribution in [0.15, 0.2) is 41.5 Å². The van der Waals surface area contributed by atoms with Crippen molar-refractivity contribution in [2.75, 3.05) is 13.1 Å². The van der Waals surface area contributed by atoms with Crippen molar-refractivity contribution in [3.8, 4) is 0 Å². The van der Waals surface area contributed by atoms with E-state index in [1.807, 2.05) is 23.1 Å². The molecule has 1 aromatic carbocycles. The summed E-state index contributed by atoms with van der Waals surface area (Å²) in [6, 6.07) is 10.1. The zero-order valence-corrected chi connectivity index (χ0v) is 15.0. The molecule has 0 aromatic heterocycles. The molecule has 2 heterocycles. The van der Waals surface area contributed by atoms with E-state index in [9.17, 15) is 9.59 Å². The molecule has 2 amide bonds. The van der Waals surface area contributed by atoms with Crippen molar-refractivity contribution in [3.63, 3.8) is 0 Å². The largest absolute Gasteiger partial charge is 0.353 e. The summed E-state index contributed by atoms with van der Waals surface area (Å²) in [5.41, 5.74) is 3.32. The van der Waals surface area contributed by atoms with Crippen molar-refractivity contribution in [2.24, 2.45) is 5.41 Å². The Balaban J connectivity index is 1.83. The van der Waals surface area contributed by atoms with Crippen LogP contribution in [0.4, 0.5) is 0 Å². The number of hydrogen-bond donors (Lipinski definition) is 1. The Kier molecular flexibility index (Phi) is 3.94. The van der Waals surface area contributed by atoms with Crippen LogP contribution in [0.2, 0.25) is 0 Å². The molecule has 4 nitrogen and oxygen atoms in total. The fourth-order valence-corrected chi connectivity index (χ4v) is 4.96. The van der Waals surface area contributed by atoms with E-state index in [-0.39, 0.29) is 23.8 Å². The van der Waals surface area contributed by atoms with E-state index in [1.54, 1.807) is 0 Å². The fraction of sp³-hybridized carbons (Fsp3) is 0.524.